The molecule has 4 nitrogen and oxygen atoms in total. The summed E-state index contributed by atoms with van der Waals surface area (Å²) < 4.78 is 2.87. The zero-order chi connectivity index (χ0) is 14.0. The molecule has 2 aromatic heterocycles. The Morgan fingerprint density at radius 3 is 2.85 bits per heavy atom. The Morgan fingerprint density at radius 2 is 2.20 bits per heavy atom. The minimum Gasteiger partial charge on any atom is -0.300 e. The highest BCUT2D eigenvalue weighted by Crippen LogP contribution is 2.42. The van der Waals surface area contributed by atoms with Crippen molar-refractivity contribution in [1.29, 1.82) is 0 Å². The second-order valence-electron chi connectivity index (χ2n) is 5.74. The molecule has 1 N–H and O–H groups in total. The van der Waals surface area contributed by atoms with Crippen LogP contribution in [0.15, 0.2) is 24.5 Å². The van der Waals surface area contributed by atoms with Crippen LogP contribution < -0.4 is 0 Å². The van der Waals surface area contributed by atoms with Crippen LogP contribution >= 0.6 is 12.2 Å². The molecule has 1 fully saturated rings. The molecule has 2 heterocycles. The molecule has 0 saturated heterocycles. The highest BCUT2D eigenvalue weighted by Gasteiger charge is 2.33. The maximum Gasteiger partial charge on any atom is 0.195 e. The van der Waals surface area contributed by atoms with Gasteiger partial charge in [0.25, 0.3) is 0 Å². The molecule has 1 aliphatic rings. The van der Waals surface area contributed by atoms with Gasteiger partial charge in [0.1, 0.15) is 0 Å². The molecule has 1 saturated carbocycles. The van der Waals surface area contributed by atoms with Gasteiger partial charge in [-0.2, -0.15) is 5.10 Å². The molecule has 0 bridgehead atoms. The summed E-state index contributed by atoms with van der Waals surface area (Å²) in [4.78, 5) is 4.18. The van der Waals surface area contributed by atoms with Crippen LogP contribution in [0.5, 0.6) is 0 Å². The number of aromatic amines is 1. The second kappa shape index (κ2) is 5.48. The number of hydrogen-bond donors (Lipinski definition) is 1. The van der Waals surface area contributed by atoms with Crippen molar-refractivity contribution in [1.82, 2.24) is 19.7 Å². The Labute approximate surface area is 124 Å². The predicted octanol–water partition coefficient (Wildman–Crippen LogP) is 3.97. The Kier molecular flexibility index (Phi) is 3.70. The van der Waals surface area contributed by atoms with Crippen LogP contribution in [0.4, 0.5) is 0 Å². The molecule has 5 heteroatoms. The van der Waals surface area contributed by atoms with Crippen molar-refractivity contribution in [3.63, 3.8) is 0 Å². The van der Waals surface area contributed by atoms with Crippen molar-refractivity contribution < 1.29 is 0 Å². The van der Waals surface area contributed by atoms with Gasteiger partial charge in [-0.1, -0.05) is 19.8 Å². The molecule has 2 aromatic rings. The molecular formula is C15H20N4S. The van der Waals surface area contributed by atoms with Gasteiger partial charge in [0, 0.05) is 24.5 Å². The molecule has 106 valence electrons. The van der Waals surface area contributed by atoms with E-state index in [2.05, 4.69) is 26.7 Å². The Morgan fingerprint density at radius 1 is 1.40 bits per heavy atom. The fourth-order valence-corrected chi connectivity index (χ4v) is 3.46. The summed E-state index contributed by atoms with van der Waals surface area (Å²) in [5.41, 5.74) is 1.41. The molecule has 0 radical (unpaired) electrons. The highest BCUT2D eigenvalue weighted by molar-refractivity contribution is 7.71. The molecule has 0 amide bonds. The van der Waals surface area contributed by atoms with Gasteiger partial charge >= 0.3 is 0 Å². The van der Waals surface area contributed by atoms with Gasteiger partial charge in [0.05, 0.1) is 0 Å². The number of aromatic nitrogens is 4. The summed E-state index contributed by atoms with van der Waals surface area (Å²) in [5.74, 6) is 0.905. The first kappa shape index (κ1) is 13.5. The Hall–Kier alpha value is -1.49. The van der Waals surface area contributed by atoms with Crippen LogP contribution in [0.2, 0.25) is 0 Å². The fraction of sp³-hybridized carbons (Fsp3) is 0.533. The van der Waals surface area contributed by atoms with E-state index in [1.807, 2.05) is 18.3 Å². The van der Waals surface area contributed by atoms with E-state index in [0.717, 1.165) is 17.9 Å². The van der Waals surface area contributed by atoms with Crippen molar-refractivity contribution >= 4 is 12.2 Å². The normalized spacial score (nSPS) is 17.4. The lowest BCUT2D eigenvalue weighted by molar-refractivity contribution is 0.237. The molecule has 20 heavy (non-hydrogen) atoms. The summed E-state index contributed by atoms with van der Waals surface area (Å²) in [6.07, 6.45) is 10.1. The average molecular weight is 288 g/mol. The van der Waals surface area contributed by atoms with Crippen molar-refractivity contribution in [3.05, 3.63) is 29.3 Å². The third-order valence-electron chi connectivity index (χ3n) is 4.59. The monoisotopic (exact) mass is 288 g/mol. The van der Waals surface area contributed by atoms with Gasteiger partial charge in [-0.05, 0) is 49.0 Å². The third kappa shape index (κ3) is 2.42. The zero-order valence-corrected chi connectivity index (χ0v) is 12.6. The number of nitrogens with zero attached hydrogens (tertiary/aromatic N) is 3. The molecule has 0 atom stereocenters. The van der Waals surface area contributed by atoms with E-state index in [4.69, 9.17) is 12.2 Å². The van der Waals surface area contributed by atoms with Crippen LogP contribution in [0.3, 0.4) is 0 Å². The van der Waals surface area contributed by atoms with Crippen molar-refractivity contribution in [2.75, 3.05) is 0 Å². The molecule has 0 aromatic carbocycles. The number of nitrogens with one attached hydrogen (secondary N) is 1. The van der Waals surface area contributed by atoms with Crippen LogP contribution in [0, 0.1) is 10.2 Å². The van der Waals surface area contributed by atoms with E-state index in [9.17, 15) is 0 Å². The summed E-state index contributed by atoms with van der Waals surface area (Å²) in [7, 11) is 0. The number of rotatable bonds is 4. The first-order valence-electron chi connectivity index (χ1n) is 7.30. The van der Waals surface area contributed by atoms with Crippen LogP contribution in [0.1, 0.15) is 39.0 Å². The lowest BCUT2D eigenvalue weighted by atomic mass is 9.83. The third-order valence-corrected chi connectivity index (χ3v) is 4.90. The number of hydrogen-bond acceptors (Lipinski definition) is 3. The smallest absolute Gasteiger partial charge is 0.195 e. The summed E-state index contributed by atoms with van der Waals surface area (Å²) in [5, 5.41) is 7.34. The highest BCUT2D eigenvalue weighted by atomic mass is 32.1. The van der Waals surface area contributed by atoms with Crippen molar-refractivity contribution in [2.45, 2.75) is 45.6 Å². The minimum absolute atomic E-state index is 0.388. The number of H-pyrrole nitrogens is 1. The Balaban J connectivity index is 1.98. The van der Waals surface area contributed by atoms with Crippen molar-refractivity contribution in [2.24, 2.45) is 5.41 Å². The molecule has 0 unspecified atom stereocenters. The maximum atomic E-state index is 5.43. The molecule has 0 aliphatic heterocycles. The van der Waals surface area contributed by atoms with Gasteiger partial charge in [0.15, 0.2) is 10.6 Å². The quantitative estimate of drug-likeness (QED) is 0.866. The van der Waals surface area contributed by atoms with Gasteiger partial charge in [0.2, 0.25) is 0 Å². The van der Waals surface area contributed by atoms with Gasteiger partial charge in [-0.3, -0.25) is 14.6 Å². The lowest BCUT2D eigenvalue weighted by Crippen LogP contribution is -2.23. The second-order valence-corrected chi connectivity index (χ2v) is 6.13. The SMILES string of the molecule is CCC1(Cn2c(-c3cccnc3)n[nH]c2=S)CCCC1. The van der Waals surface area contributed by atoms with E-state index in [1.54, 1.807) is 6.20 Å². The van der Waals surface area contributed by atoms with Crippen LogP contribution in [-0.2, 0) is 6.54 Å². The Bertz CT molecular complexity index is 623. The summed E-state index contributed by atoms with van der Waals surface area (Å²) >= 11 is 5.43. The number of pyridine rings is 1. The topological polar surface area (TPSA) is 46.5 Å². The van der Waals surface area contributed by atoms with Crippen LogP contribution in [0.25, 0.3) is 11.4 Å². The minimum atomic E-state index is 0.388. The lowest BCUT2D eigenvalue weighted by Gasteiger charge is -2.28. The van der Waals surface area contributed by atoms with E-state index in [0.29, 0.717) is 10.2 Å². The molecule has 0 spiro atoms. The van der Waals surface area contributed by atoms with Gasteiger partial charge < -0.3 is 0 Å². The first-order chi connectivity index (χ1) is 9.74. The first-order valence-corrected chi connectivity index (χ1v) is 7.70. The summed E-state index contributed by atoms with van der Waals surface area (Å²) in [6.45, 7) is 3.25. The van der Waals surface area contributed by atoms with Crippen molar-refractivity contribution in [3.8, 4) is 11.4 Å². The molecule has 3 rings (SSSR count). The van der Waals surface area contributed by atoms with Crippen LogP contribution in [-0.4, -0.2) is 19.7 Å². The van der Waals surface area contributed by atoms with E-state index in [-0.39, 0.29) is 0 Å². The largest absolute Gasteiger partial charge is 0.300 e. The van der Waals surface area contributed by atoms with E-state index >= 15 is 0 Å². The molecule has 1 aliphatic carbocycles. The van der Waals surface area contributed by atoms with E-state index < -0.39 is 0 Å². The summed E-state index contributed by atoms with van der Waals surface area (Å²) in [6, 6.07) is 3.96. The molecular weight excluding hydrogens is 268 g/mol. The van der Waals surface area contributed by atoms with Gasteiger partial charge in [-0.15, -0.1) is 0 Å². The van der Waals surface area contributed by atoms with Gasteiger partial charge in [-0.25, -0.2) is 0 Å². The average Bonchev–Trinajstić information content (AvgIpc) is 3.09. The van der Waals surface area contributed by atoms with E-state index in [1.165, 1.54) is 32.1 Å². The zero-order valence-electron chi connectivity index (χ0n) is 11.8. The predicted molar refractivity (Wildman–Crippen MR) is 81.8 cm³/mol. The maximum absolute atomic E-state index is 5.43. The fourth-order valence-electron chi connectivity index (χ4n) is 3.26. The standard InChI is InChI=1S/C15H20N4S/c1-2-15(7-3-4-8-15)11-19-13(17-18-14(19)20)12-6-5-9-16-10-12/h5-6,9-10H,2-4,7-8,11H2,1H3,(H,18,20).